The maximum atomic E-state index is 13.5. The van der Waals surface area contributed by atoms with Gasteiger partial charge in [-0.25, -0.2) is 0 Å². The van der Waals surface area contributed by atoms with Crippen LogP contribution in [-0.2, 0) is 16.0 Å². The molecule has 1 atom stereocenters. The van der Waals surface area contributed by atoms with Gasteiger partial charge < -0.3 is 14.8 Å². The molecule has 1 N–H and O–H groups in total. The normalized spacial score (nSPS) is 17.9. The molecule has 0 heterocycles. The lowest BCUT2D eigenvalue weighted by molar-refractivity contribution is -0.200. The molecule has 2 aromatic rings. The second-order valence-corrected chi connectivity index (χ2v) is 16.0. The van der Waals surface area contributed by atoms with Crippen molar-refractivity contribution in [3.05, 3.63) is 82.1 Å². The molecule has 0 spiro atoms. The average Bonchev–Trinajstić information content (AvgIpc) is 3.05. The van der Waals surface area contributed by atoms with Crippen LogP contribution in [0.1, 0.15) is 121 Å². The number of ether oxygens (including phenoxy) is 2. The Morgan fingerprint density at radius 3 is 2.42 bits per heavy atom. The number of ketones is 1. The van der Waals surface area contributed by atoms with Gasteiger partial charge in [-0.2, -0.15) is 5.26 Å². The number of rotatable bonds is 16. The number of carbonyl (C=O) groups excluding carboxylic acids is 2. The summed E-state index contributed by atoms with van der Waals surface area (Å²) in [6.45, 7) is 21.3. The fraction of sp³-hybridized carbons (Fsp3) is 0.535. The van der Waals surface area contributed by atoms with Gasteiger partial charge in [0, 0.05) is 47.5 Å². The van der Waals surface area contributed by atoms with Crippen LogP contribution < -0.4 is 10.1 Å². The van der Waals surface area contributed by atoms with Crippen LogP contribution in [0.4, 0.5) is 0 Å². The molecule has 7 heteroatoms. The minimum Gasteiger partial charge on any atom is -0.489 e. The molecule has 6 nitrogen and oxygen atoms in total. The lowest BCUT2D eigenvalue weighted by atomic mass is 9.44. The summed E-state index contributed by atoms with van der Waals surface area (Å²) in [5.41, 5.74) is 5.56. The van der Waals surface area contributed by atoms with Crippen molar-refractivity contribution in [3.63, 3.8) is 0 Å². The molecule has 1 aliphatic carbocycles. The molecule has 0 saturated heterocycles. The van der Waals surface area contributed by atoms with E-state index >= 15 is 0 Å². The van der Waals surface area contributed by atoms with E-state index in [1.165, 1.54) is 0 Å². The van der Waals surface area contributed by atoms with E-state index in [1.807, 2.05) is 39.0 Å². The summed E-state index contributed by atoms with van der Waals surface area (Å²) in [6, 6.07) is 13.1. The van der Waals surface area contributed by atoms with Gasteiger partial charge in [-0.05, 0) is 79.3 Å². The Labute approximate surface area is 305 Å². The standard InChI is InChI=1S/C43H55ClN2O4/c1-10-17-38(41(3,4)5)46-39(48)29-49-25-15-13-12-14-18-30-21-22-31(11-2)34(26-30)36(47)19-16-20-37-42(6,7)40(43(37,8)9)50-33-24-23-32(28-45)35(44)27-33/h17,21-24,26-27,37-38,40H,1,11-13,15-16,19-20,25,29H2,2-9H3,(H,46,48). The lowest BCUT2D eigenvalue weighted by Crippen LogP contribution is -2.65. The molecule has 3 rings (SSSR count). The first-order valence-corrected chi connectivity index (χ1v) is 18.2. The molecular weight excluding hydrogens is 644 g/mol. The molecule has 0 bridgehead atoms. The highest BCUT2D eigenvalue weighted by Crippen LogP contribution is 2.62. The number of carbonyl (C=O) groups is 2. The Morgan fingerprint density at radius 1 is 1.08 bits per heavy atom. The van der Waals surface area contributed by atoms with Crippen molar-refractivity contribution >= 4 is 23.3 Å². The van der Waals surface area contributed by atoms with Gasteiger partial charge in [0.25, 0.3) is 0 Å². The van der Waals surface area contributed by atoms with Crippen molar-refractivity contribution in [3.8, 4) is 23.7 Å². The maximum absolute atomic E-state index is 13.5. The van der Waals surface area contributed by atoms with Crippen LogP contribution in [0.2, 0.25) is 5.02 Å². The largest absolute Gasteiger partial charge is 0.489 e. The van der Waals surface area contributed by atoms with E-state index in [1.54, 1.807) is 24.3 Å². The molecular formula is C43H55ClN2O4. The summed E-state index contributed by atoms with van der Waals surface area (Å²) in [7, 11) is 0. The first-order chi connectivity index (χ1) is 23.6. The zero-order chi connectivity index (χ0) is 37.1. The number of halogens is 1. The highest BCUT2D eigenvalue weighted by molar-refractivity contribution is 6.31. The Balaban J connectivity index is 1.46. The van der Waals surface area contributed by atoms with Crippen molar-refractivity contribution in [2.75, 3.05) is 13.2 Å². The monoisotopic (exact) mass is 698 g/mol. The second kappa shape index (κ2) is 17.9. The van der Waals surface area contributed by atoms with Crippen molar-refractivity contribution in [1.82, 2.24) is 5.32 Å². The quantitative estimate of drug-likeness (QED) is 0.0816. The third-order valence-corrected chi connectivity index (χ3v) is 10.3. The van der Waals surface area contributed by atoms with Crippen LogP contribution in [0.3, 0.4) is 0 Å². The van der Waals surface area contributed by atoms with Crippen molar-refractivity contribution in [2.45, 2.75) is 112 Å². The molecule has 2 aromatic carbocycles. The van der Waals surface area contributed by atoms with Crippen LogP contribution in [0.5, 0.6) is 5.75 Å². The number of hydrogen-bond acceptors (Lipinski definition) is 5. The van der Waals surface area contributed by atoms with Crippen molar-refractivity contribution in [1.29, 1.82) is 5.26 Å². The van der Waals surface area contributed by atoms with Crippen molar-refractivity contribution in [2.24, 2.45) is 22.2 Å². The molecule has 1 amide bonds. The molecule has 0 aliphatic heterocycles. The van der Waals surface area contributed by atoms with Crippen LogP contribution in [0, 0.1) is 45.3 Å². The Hall–Kier alpha value is -3.80. The third-order valence-electron chi connectivity index (χ3n) is 9.99. The number of nitrogens with zero attached hydrogens (tertiary/aromatic N) is 1. The van der Waals surface area contributed by atoms with Gasteiger partial charge in [0.15, 0.2) is 5.78 Å². The van der Waals surface area contributed by atoms with Gasteiger partial charge in [0.2, 0.25) is 5.91 Å². The Bertz CT molecular complexity index is 1640. The minimum absolute atomic E-state index is 0.0184. The summed E-state index contributed by atoms with van der Waals surface area (Å²) in [5, 5.41) is 12.6. The number of amides is 1. The average molecular weight is 699 g/mol. The number of aryl methyl sites for hydroxylation is 1. The SMILES string of the molecule is C=C=CC(NC(=O)COCCCCC#Cc1ccc(CC)c(C(=O)CCCC2C(C)(C)C(Oc3ccc(C#N)c(Cl)c3)C2(C)C)c1)C(C)(C)C. The fourth-order valence-corrected chi connectivity index (χ4v) is 7.65. The highest BCUT2D eigenvalue weighted by atomic mass is 35.5. The highest BCUT2D eigenvalue weighted by Gasteiger charge is 2.62. The van der Waals surface area contributed by atoms with Gasteiger partial charge in [-0.3, -0.25) is 9.59 Å². The maximum Gasteiger partial charge on any atom is 0.246 e. The number of nitriles is 1. The molecule has 0 radical (unpaired) electrons. The van der Waals surface area contributed by atoms with E-state index in [-0.39, 0.29) is 46.7 Å². The molecule has 1 saturated carbocycles. The summed E-state index contributed by atoms with van der Waals surface area (Å²) in [5.74, 6) is 7.53. The predicted octanol–water partition coefficient (Wildman–Crippen LogP) is 9.67. The zero-order valence-corrected chi connectivity index (χ0v) is 32.1. The number of benzene rings is 2. The molecule has 1 unspecified atom stereocenters. The van der Waals surface area contributed by atoms with Gasteiger partial charge >= 0.3 is 0 Å². The molecule has 0 aromatic heterocycles. The van der Waals surface area contributed by atoms with E-state index < -0.39 is 0 Å². The van der Waals surface area contributed by atoms with E-state index in [0.717, 1.165) is 48.8 Å². The first kappa shape index (κ1) is 40.6. The smallest absolute Gasteiger partial charge is 0.246 e. The Morgan fingerprint density at radius 2 is 1.80 bits per heavy atom. The summed E-state index contributed by atoms with van der Waals surface area (Å²) in [4.78, 5) is 25.8. The minimum atomic E-state index is -0.154. The van der Waals surface area contributed by atoms with E-state index in [9.17, 15) is 14.9 Å². The summed E-state index contributed by atoms with van der Waals surface area (Å²) in [6.07, 6.45) is 7.13. The molecule has 1 aliphatic rings. The molecule has 50 heavy (non-hydrogen) atoms. The van der Waals surface area contributed by atoms with Gasteiger partial charge in [-0.15, -0.1) is 5.73 Å². The topological polar surface area (TPSA) is 88.4 Å². The Kier molecular flexibility index (Phi) is 14.6. The molecule has 1 fully saturated rings. The van der Waals surface area contributed by atoms with Crippen LogP contribution >= 0.6 is 11.6 Å². The first-order valence-electron chi connectivity index (χ1n) is 17.8. The lowest BCUT2D eigenvalue weighted by Gasteiger charge is -2.63. The predicted molar refractivity (Wildman–Crippen MR) is 202 cm³/mol. The van der Waals surface area contributed by atoms with E-state index in [4.69, 9.17) is 21.1 Å². The van der Waals surface area contributed by atoms with Gasteiger partial charge in [-0.1, -0.05) is 91.5 Å². The summed E-state index contributed by atoms with van der Waals surface area (Å²) < 4.78 is 12.0. The number of Topliss-reactive ketones (excluding diaryl/α,β-unsaturated/α-hetero) is 1. The summed E-state index contributed by atoms with van der Waals surface area (Å²) >= 11 is 6.25. The fourth-order valence-electron chi connectivity index (χ4n) is 7.44. The van der Waals surface area contributed by atoms with Crippen LogP contribution in [-0.4, -0.2) is 37.0 Å². The van der Waals surface area contributed by atoms with E-state index in [2.05, 4.69) is 70.2 Å². The van der Waals surface area contributed by atoms with Crippen LogP contribution in [0.15, 0.2) is 54.8 Å². The van der Waals surface area contributed by atoms with Crippen LogP contribution in [0.25, 0.3) is 0 Å². The number of nitrogens with one attached hydrogen (secondary N) is 1. The molecule has 268 valence electrons. The second-order valence-electron chi connectivity index (χ2n) is 15.6. The van der Waals surface area contributed by atoms with Gasteiger partial charge in [0.1, 0.15) is 24.5 Å². The number of hydrogen-bond donors (Lipinski definition) is 1. The third kappa shape index (κ3) is 10.6. The van der Waals surface area contributed by atoms with Gasteiger partial charge in [0.05, 0.1) is 16.6 Å². The van der Waals surface area contributed by atoms with E-state index in [0.29, 0.717) is 41.7 Å². The van der Waals surface area contributed by atoms with Crippen molar-refractivity contribution < 1.29 is 19.1 Å². The number of unbranched alkanes of at least 4 members (excludes halogenated alkanes) is 2. The zero-order valence-electron chi connectivity index (χ0n) is 31.3.